The zero-order chi connectivity index (χ0) is 14.0. The van der Waals surface area contributed by atoms with Gasteiger partial charge in [0, 0.05) is 24.8 Å². The molecule has 1 aliphatic carbocycles. The quantitative estimate of drug-likeness (QED) is 0.886. The van der Waals surface area contributed by atoms with Crippen LogP contribution in [0.4, 0.5) is 5.69 Å². The number of benzene rings is 1. The lowest BCUT2D eigenvalue weighted by Crippen LogP contribution is -2.37. The summed E-state index contributed by atoms with van der Waals surface area (Å²) in [6.45, 7) is 6.81. The van der Waals surface area contributed by atoms with Gasteiger partial charge in [0.15, 0.2) is 0 Å². The van der Waals surface area contributed by atoms with Gasteiger partial charge in [-0.25, -0.2) is 0 Å². The highest BCUT2D eigenvalue weighted by molar-refractivity contribution is 5.48. The Morgan fingerprint density at radius 1 is 1.16 bits per heavy atom. The molecule has 1 atom stereocenters. The van der Waals surface area contributed by atoms with Gasteiger partial charge in [-0.2, -0.15) is 0 Å². The molecule has 0 aromatic heterocycles. The maximum atomic E-state index is 5.90. The molecule has 0 radical (unpaired) electrons. The first-order valence-corrected chi connectivity index (χ1v) is 7.47. The predicted molar refractivity (Wildman–Crippen MR) is 83.5 cm³/mol. The summed E-state index contributed by atoms with van der Waals surface area (Å²) in [7, 11) is 2.23. The van der Waals surface area contributed by atoms with Gasteiger partial charge in [0.1, 0.15) is 0 Å². The highest BCUT2D eigenvalue weighted by atomic mass is 15.1. The topological polar surface area (TPSA) is 29.3 Å². The van der Waals surface area contributed by atoms with E-state index < -0.39 is 0 Å². The summed E-state index contributed by atoms with van der Waals surface area (Å²) in [5.74, 6) is 0. The standard InChI is InChI=1S/C17H28N2/c1-13(18)14-5-7-15(8-6-14)19(4)16-9-11-17(2,3)12-10-16/h5-8,13,16H,9-12,18H2,1-4H3. The van der Waals surface area contributed by atoms with Gasteiger partial charge in [-0.1, -0.05) is 26.0 Å². The molecule has 1 aromatic carbocycles. The van der Waals surface area contributed by atoms with Gasteiger partial charge in [-0.3, -0.25) is 0 Å². The normalized spacial score (nSPS) is 21.1. The van der Waals surface area contributed by atoms with Crippen LogP contribution in [0.5, 0.6) is 0 Å². The Kier molecular flexibility index (Phi) is 4.19. The van der Waals surface area contributed by atoms with E-state index in [1.54, 1.807) is 0 Å². The average Bonchev–Trinajstić information content (AvgIpc) is 2.38. The Balaban J connectivity index is 2.02. The van der Waals surface area contributed by atoms with Crippen LogP contribution in [-0.4, -0.2) is 13.1 Å². The zero-order valence-electron chi connectivity index (χ0n) is 12.8. The molecule has 106 valence electrons. The minimum absolute atomic E-state index is 0.120. The van der Waals surface area contributed by atoms with Crippen molar-refractivity contribution >= 4 is 5.69 Å². The van der Waals surface area contributed by atoms with Gasteiger partial charge >= 0.3 is 0 Å². The molecule has 0 saturated heterocycles. The lowest BCUT2D eigenvalue weighted by Gasteiger charge is -2.39. The van der Waals surface area contributed by atoms with Gasteiger partial charge in [0.25, 0.3) is 0 Å². The zero-order valence-corrected chi connectivity index (χ0v) is 12.8. The van der Waals surface area contributed by atoms with Crippen LogP contribution in [0.25, 0.3) is 0 Å². The summed E-state index contributed by atoms with van der Waals surface area (Å²) < 4.78 is 0. The van der Waals surface area contributed by atoms with Crippen LogP contribution in [0, 0.1) is 5.41 Å². The van der Waals surface area contributed by atoms with Crippen LogP contribution in [-0.2, 0) is 0 Å². The van der Waals surface area contributed by atoms with Gasteiger partial charge < -0.3 is 10.6 Å². The van der Waals surface area contributed by atoms with E-state index in [2.05, 4.69) is 50.1 Å². The Labute approximate surface area is 118 Å². The van der Waals surface area contributed by atoms with E-state index in [9.17, 15) is 0 Å². The molecule has 0 spiro atoms. The lowest BCUT2D eigenvalue weighted by molar-refractivity contribution is 0.222. The largest absolute Gasteiger partial charge is 0.372 e. The summed E-state index contributed by atoms with van der Waals surface area (Å²) in [5, 5.41) is 0. The van der Waals surface area contributed by atoms with Crippen molar-refractivity contribution < 1.29 is 0 Å². The van der Waals surface area contributed by atoms with Crippen LogP contribution in [0.15, 0.2) is 24.3 Å². The second-order valence-electron chi connectivity index (χ2n) is 6.89. The molecule has 2 heteroatoms. The number of rotatable bonds is 3. The molecular formula is C17H28N2. The Hall–Kier alpha value is -1.02. The SMILES string of the molecule is CC(N)c1ccc(N(C)C2CCC(C)(C)CC2)cc1. The van der Waals surface area contributed by atoms with Crippen LogP contribution in [0.1, 0.15) is 58.1 Å². The molecule has 2 N–H and O–H groups in total. The number of anilines is 1. The van der Waals surface area contributed by atoms with E-state index >= 15 is 0 Å². The summed E-state index contributed by atoms with van der Waals surface area (Å²) >= 11 is 0. The predicted octanol–water partition coefficient (Wildman–Crippen LogP) is 4.11. The fraction of sp³-hybridized carbons (Fsp3) is 0.647. The first-order valence-electron chi connectivity index (χ1n) is 7.47. The van der Waals surface area contributed by atoms with Crippen molar-refractivity contribution in [3.05, 3.63) is 29.8 Å². The van der Waals surface area contributed by atoms with Gasteiger partial charge in [-0.05, 0) is 55.7 Å². The van der Waals surface area contributed by atoms with Gasteiger partial charge in [0.2, 0.25) is 0 Å². The Morgan fingerprint density at radius 2 is 1.68 bits per heavy atom. The third-order valence-electron chi connectivity index (χ3n) is 4.68. The third-order valence-corrected chi connectivity index (χ3v) is 4.68. The van der Waals surface area contributed by atoms with Crippen LogP contribution in [0.3, 0.4) is 0 Å². The molecule has 2 nitrogen and oxygen atoms in total. The van der Waals surface area contributed by atoms with Crippen molar-refractivity contribution in [3.8, 4) is 0 Å². The Bertz CT molecular complexity index is 396. The van der Waals surface area contributed by atoms with E-state index in [0.29, 0.717) is 11.5 Å². The van der Waals surface area contributed by atoms with Crippen molar-refractivity contribution in [2.75, 3.05) is 11.9 Å². The monoisotopic (exact) mass is 260 g/mol. The highest BCUT2D eigenvalue weighted by Crippen LogP contribution is 2.37. The molecule has 0 heterocycles. The van der Waals surface area contributed by atoms with Crippen molar-refractivity contribution in [3.63, 3.8) is 0 Å². The third kappa shape index (κ3) is 3.50. The molecule has 1 aromatic rings. The summed E-state index contributed by atoms with van der Waals surface area (Å²) in [6, 6.07) is 9.53. The molecule has 19 heavy (non-hydrogen) atoms. The van der Waals surface area contributed by atoms with E-state index in [1.807, 2.05) is 6.92 Å². The summed E-state index contributed by atoms with van der Waals surface area (Å²) in [5.41, 5.74) is 8.96. The average molecular weight is 260 g/mol. The van der Waals surface area contributed by atoms with Crippen molar-refractivity contribution in [1.29, 1.82) is 0 Å². The van der Waals surface area contributed by atoms with Crippen molar-refractivity contribution in [2.45, 2.75) is 58.5 Å². The molecule has 1 fully saturated rings. The fourth-order valence-electron chi connectivity index (χ4n) is 3.00. The van der Waals surface area contributed by atoms with Crippen LogP contribution >= 0.6 is 0 Å². The van der Waals surface area contributed by atoms with Crippen molar-refractivity contribution in [2.24, 2.45) is 11.1 Å². The molecular weight excluding hydrogens is 232 g/mol. The summed E-state index contributed by atoms with van der Waals surface area (Å²) in [4.78, 5) is 2.44. The van der Waals surface area contributed by atoms with E-state index in [0.717, 1.165) is 0 Å². The molecule has 1 unspecified atom stereocenters. The van der Waals surface area contributed by atoms with E-state index in [-0.39, 0.29) is 6.04 Å². The second-order valence-corrected chi connectivity index (χ2v) is 6.89. The summed E-state index contributed by atoms with van der Waals surface area (Å²) in [6.07, 6.45) is 5.27. The second kappa shape index (κ2) is 5.54. The minimum atomic E-state index is 0.120. The number of hydrogen-bond acceptors (Lipinski definition) is 2. The van der Waals surface area contributed by atoms with Gasteiger partial charge in [0.05, 0.1) is 0 Å². The number of nitrogens with zero attached hydrogens (tertiary/aromatic N) is 1. The maximum absolute atomic E-state index is 5.90. The highest BCUT2D eigenvalue weighted by Gasteiger charge is 2.28. The molecule has 0 aliphatic heterocycles. The molecule has 0 amide bonds. The minimum Gasteiger partial charge on any atom is -0.372 e. The smallest absolute Gasteiger partial charge is 0.0366 e. The molecule has 1 saturated carbocycles. The van der Waals surface area contributed by atoms with E-state index in [1.165, 1.54) is 36.9 Å². The molecule has 1 aliphatic rings. The molecule has 0 bridgehead atoms. The van der Waals surface area contributed by atoms with E-state index in [4.69, 9.17) is 5.73 Å². The molecule has 2 rings (SSSR count). The maximum Gasteiger partial charge on any atom is 0.0366 e. The Morgan fingerprint density at radius 3 is 2.16 bits per heavy atom. The lowest BCUT2D eigenvalue weighted by atomic mass is 9.75. The number of nitrogens with two attached hydrogens (primary N) is 1. The van der Waals surface area contributed by atoms with Crippen molar-refractivity contribution in [1.82, 2.24) is 0 Å². The van der Waals surface area contributed by atoms with Crippen LogP contribution in [0.2, 0.25) is 0 Å². The first kappa shape index (κ1) is 14.4. The number of hydrogen-bond donors (Lipinski definition) is 1. The fourth-order valence-corrected chi connectivity index (χ4v) is 3.00. The van der Waals surface area contributed by atoms with Crippen LogP contribution < -0.4 is 10.6 Å². The van der Waals surface area contributed by atoms with Gasteiger partial charge in [-0.15, -0.1) is 0 Å². The first-order chi connectivity index (χ1) is 8.89.